The fraction of sp³-hybridized carbons (Fsp3) is 0.727. The zero-order valence-corrected chi connectivity index (χ0v) is 11.6. The van der Waals surface area contributed by atoms with Crippen molar-refractivity contribution in [3.05, 3.63) is 15.9 Å². The van der Waals surface area contributed by atoms with E-state index < -0.39 is 0 Å². The van der Waals surface area contributed by atoms with Crippen molar-refractivity contribution >= 4 is 15.9 Å². The Morgan fingerprint density at radius 1 is 1.40 bits per heavy atom. The Balaban J connectivity index is 2.86. The van der Waals surface area contributed by atoms with Crippen molar-refractivity contribution in [2.24, 2.45) is 0 Å². The highest BCUT2D eigenvalue weighted by molar-refractivity contribution is 9.10. The summed E-state index contributed by atoms with van der Waals surface area (Å²) in [4.78, 5) is 0. The van der Waals surface area contributed by atoms with Crippen molar-refractivity contribution in [3.8, 4) is 0 Å². The maximum atomic E-state index is 4.56. The number of nitrogens with zero attached hydrogens (tertiary/aromatic N) is 2. The average molecular weight is 274 g/mol. The Morgan fingerprint density at radius 3 is 2.47 bits per heavy atom. The predicted molar refractivity (Wildman–Crippen MR) is 67.3 cm³/mol. The molecule has 0 amide bonds. The number of aromatic nitrogens is 2. The lowest BCUT2D eigenvalue weighted by atomic mass is 10.2. The SMILES string of the molecule is CCNCC(CC)n1nc(C)c(Br)c1C. The van der Waals surface area contributed by atoms with Gasteiger partial charge in [-0.05, 0) is 42.7 Å². The first-order valence-electron chi connectivity index (χ1n) is 5.53. The van der Waals surface area contributed by atoms with Crippen LogP contribution in [0.4, 0.5) is 0 Å². The van der Waals surface area contributed by atoms with E-state index >= 15 is 0 Å². The van der Waals surface area contributed by atoms with Crippen molar-refractivity contribution in [2.45, 2.75) is 40.2 Å². The van der Waals surface area contributed by atoms with Crippen LogP contribution in [0.15, 0.2) is 4.47 Å². The van der Waals surface area contributed by atoms with E-state index in [9.17, 15) is 0 Å². The largest absolute Gasteiger partial charge is 0.315 e. The summed E-state index contributed by atoms with van der Waals surface area (Å²) in [7, 11) is 0. The molecule has 86 valence electrons. The Bertz CT molecular complexity index is 320. The van der Waals surface area contributed by atoms with E-state index in [0.717, 1.165) is 29.7 Å². The lowest BCUT2D eigenvalue weighted by Gasteiger charge is -2.17. The molecule has 1 aromatic heterocycles. The first kappa shape index (κ1) is 12.7. The molecule has 0 aliphatic heterocycles. The van der Waals surface area contributed by atoms with Gasteiger partial charge in [-0.3, -0.25) is 4.68 Å². The van der Waals surface area contributed by atoms with Gasteiger partial charge >= 0.3 is 0 Å². The lowest BCUT2D eigenvalue weighted by molar-refractivity contribution is 0.407. The third-order valence-electron chi connectivity index (χ3n) is 2.68. The molecule has 15 heavy (non-hydrogen) atoms. The minimum Gasteiger partial charge on any atom is -0.315 e. The standard InChI is InChI=1S/C11H20BrN3/c1-5-10(7-13-6-2)15-9(4)11(12)8(3)14-15/h10,13H,5-7H2,1-4H3. The van der Waals surface area contributed by atoms with Crippen LogP contribution in [-0.2, 0) is 0 Å². The van der Waals surface area contributed by atoms with Gasteiger partial charge in [-0.2, -0.15) is 5.10 Å². The molecule has 0 fully saturated rings. The number of hydrogen-bond acceptors (Lipinski definition) is 2. The second kappa shape index (κ2) is 5.66. The van der Waals surface area contributed by atoms with Gasteiger partial charge < -0.3 is 5.32 Å². The summed E-state index contributed by atoms with van der Waals surface area (Å²) in [5.41, 5.74) is 2.29. The number of nitrogens with one attached hydrogen (secondary N) is 1. The van der Waals surface area contributed by atoms with Gasteiger partial charge in [0.25, 0.3) is 0 Å². The van der Waals surface area contributed by atoms with E-state index in [1.807, 2.05) is 6.92 Å². The molecule has 0 aromatic carbocycles. The molecule has 1 unspecified atom stereocenters. The summed E-state index contributed by atoms with van der Waals surface area (Å²) in [6, 6.07) is 0.454. The van der Waals surface area contributed by atoms with Gasteiger partial charge in [-0.15, -0.1) is 0 Å². The monoisotopic (exact) mass is 273 g/mol. The molecule has 3 nitrogen and oxygen atoms in total. The highest BCUT2D eigenvalue weighted by atomic mass is 79.9. The molecule has 1 rings (SSSR count). The minimum absolute atomic E-state index is 0.454. The first-order chi connectivity index (χ1) is 7.11. The Hall–Kier alpha value is -0.350. The summed E-state index contributed by atoms with van der Waals surface area (Å²) in [5.74, 6) is 0. The molecule has 0 saturated heterocycles. The highest BCUT2D eigenvalue weighted by Gasteiger charge is 2.15. The third kappa shape index (κ3) is 2.82. The smallest absolute Gasteiger partial charge is 0.0738 e. The fourth-order valence-electron chi connectivity index (χ4n) is 1.71. The fourth-order valence-corrected chi connectivity index (χ4v) is 1.97. The molecular formula is C11H20BrN3. The molecular weight excluding hydrogens is 254 g/mol. The van der Waals surface area contributed by atoms with E-state index in [0.29, 0.717) is 6.04 Å². The quantitative estimate of drug-likeness (QED) is 0.894. The van der Waals surface area contributed by atoms with Crippen LogP contribution in [0, 0.1) is 13.8 Å². The molecule has 1 atom stereocenters. The molecule has 0 spiro atoms. The van der Waals surface area contributed by atoms with Crippen molar-refractivity contribution in [3.63, 3.8) is 0 Å². The summed E-state index contributed by atoms with van der Waals surface area (Å²) in [6.45, 7) is 10.5. The number of aryl methyl sites for hydroxylation is 1. The Kier molecular flexibility index (Phi) is 4.80. The van der Waals surface area contributed by atoms with Crippen LogP contribution in [0.5, 0.6) is 0 Å². The third-order valence-corrected chi connectivity index (χ3v) is 3.83. The van der Waals surface area contributed by atoms with Gasteiger partial charge in [0.15, 0.2) is 0 Å². The van der Waals surface area contributed by atoms with Crippen molar-refractivity contribution in [1.82, 2.24) is 15.1 Å². The molecule has 0 radical (unpaired) electrons. The maximum absolute atomic E-state index is 4.56. The summed E-state index contributed by atoms with van der Waals surface area (Å²) >= 11 is 3.56. The molecule has 1 N–H and O–H groups in total. The van der Waals surface area contributed by atoms with Crippen LogP contribution in [0.25, 0.3) is 0 Å². The van der Waals surface area contributed by atoms with Gasteiger partial charge in [-0.25, -0.2) is 0 Å². The van der Waals surface area contributed by atoms with E-state index in [4.69, 9.17) is 0 Å². The summed E-state index contributed by atoms with van der Waals surface area (Å²) in [6.07, 6.45) is 1.10. The number of rotatable bonds is 5. The Morgan fingerprint density at radius 2 is 2.07 bits per heavy atom. The molecule has 0 bridgehead atoms. The number of likely N-dealkylation sites (N-methyl/N-ethyl adjacent to an activating group) is 1. The zero-order valence-electron chi connectivity index (χ0n) is 9.97. The number of halogens is 1. The van der Waals surface area contributed by atoms with Crippen LogP contribution >= 0.6 is 15.9 Å². The van der Waals surface area contributed by atoms with Crippen molar-refractivity contribution in [2.75, 3.05) is 13.1 Å². The lowest BCUT2D eigenvalue weighted by Crippen LogP contribution is -2.26. The minimum atomic E-state index is 0.454. The predicted octanol–water partition coefficient (Wildman–Crippen LogP) is 2.82. The zero-order chi connectivity index (χ0) is 11.4. The van der Waals surface area contributed by atoms with Crippen LogP contribution < -0.4 is 5.32 Å². The van der Waals surface area contributed by atoms with Crippen LogP contribution in [-0.4, -0.2) is 22.9 Å². The van der Waals surface area contributed by atoms with Gasteiger partial charge in [-0.1, -0.05) is 13.8 Å². The molecule has 0 saturated carbocycles. The van der Waals surface area contributed by atoms with E-state index in [2.05, 4.69) is 51.8 Å². The average Bonchev–Trinajstić information content (AvgIpc) is 2.48. The van der Waals surface area contributed by atoms with Crippen LogP contribution in [0.1, 0.15) is 37.7 Å². The second-order valence-electron chi connectivity index (χ2n) is 3.80. The highest BCUT2D eigenvalue weighted by Crippen LogP contribution is 2.23. The van der Waals surface area contributed by atoms with Crippen LogP contribution in [0.3, 0.4) is 0 Å². The second-order valence-corrected chi connectivity index (χ2v) is 4.59. The van der Waals surface area contributed by atoms with E-state index in [1.165, 1.54) is 5.69 Å². The molecule has 4 heteroatoms. The maximum Gasteiger partial charge on any atom is 0.0738 e. The number of hydrogen-bond donors (Lipinski definition) is 1. The molecule has 1 heterocycles. The normalized spacial score (nSPS) is 13.1. The van der Waals surface area contributed by atoms with Crippen LogP contribution in [0.2, 0.25) is 0 Å². The van der Waals surface area contributed by atoms with Gasteiger partial charge in [0.05, 0.1) is 21.9 Å². The van der Waals surface area contributed by atoms with Gasteiger partial charge in [0.2, 0.25) is 0 Å². The topological polar surface area (TPSA) is 29.9 Å². The molecule has 0 aliphatic rings. The summed E-state index contributed by atoms with van der Waals surface area (Å²) < 4.78 is 3.26. The van der Waals surface area contributed by atoms with Gasteiger partial charge in [0.1, 0.15) is 0 Å². The Labute approximate surface area is 100 Å². The van der Waals surface area contributed by atoms with Crippen molar-refractivity contribution < 1.29 is 0 Å². The van der Waals surface area contributed by atoms with Gasteiger partial charge in [0, 0.05) is 6.54 Å². The molecule has 0 aliphatic carbocycles. The molecule has 1 aromatic rings. The van der Waals surface area contributed by atoms with E-state index in [-0.39, 0.29) is 0 Å². The summed E-state index contributed by atoms with van der Waals surface area (Å²) in [5, 5.41) is 7.94. The van der Waals surface area contributed by atoms with E-state index in [1.54, 1.807) is 0 Å². The first-order valence-corrected chi connectivity index (χ1v) is 6.33. The van der Waals surface area contributed by atoms with Crippen molar-refractivity contribution in [1.29, 1.82) is 0 Å².